The molecule has 1 fully saturated rings. The Balaban J connectivity index is 1.31. The van der Waals surface area contributed by atoms with Crippen molar-refractivity contribution in [2.24, 2.45) is 0 Å². The van der Waals surface area contributed by atoms with Crippen LogP contribution in [0.5, 0.6) is 0 Å². The van der Waals surface area contributed by atoms with Crippen LogP contribution in [0.2, 0.25) is 0 Å². The first kappa shape index (κ1) is 25.7. The zero-order valence-electron chi connectivity index (χ0n) is 21.1. The Morgan fingerprint density at radius 2 is 1.61 bits per heavy atom. The number of benzene rings is 3. The molecule has 38 heavy (non-hydrogen) atoms. The summed E-state index contributed by atoms with van der Waals surface area (Å²) in [5.41, 5.74) is 2.93. The Bertz CT molecular complexity index is 1480. The number of hydrogen-bond donors (Lipinski definition) is 2. The molecule has 0 unspecified atom stereocenters. The van der Waals surface area contributed by atoms with E-state index in [2.05, 4.69) is 10.6 Å². The summed E-state index contributed by atoms with van der Waals surface area (Å²) < 4.78 is 1.60. The second-order valence-electron chi connectivity index (χ2n) is 9.51. The smallest absolute Gasteiger partial charge is 0.262 e. The van der Waals surface area contributed by atoms with Crippen molar-refractivity contribution in [2.75, 3.05) is 5.75 Å². The van der Waals surface area contributed by atoms with Gasteiger partial charge in [0.25, 0.3) is 11.5 Å². The predicted molar refractivity (Wildman–Crippen MR) is 150 cm³/mol. The fourth-order valence-corrected chi connectivity index (χ4v) is 5.49. The number of nitrogens with one attached hydrogen (secondary N) is 2. The summed E-state index contributed by atoms with van der Waals surface area (Å²) in [5.74, 6) is -0.0612. The minimum absolute atomic E-state index is 0.0641. The van der Waals surface area contributed by atoms with Gasteiger partial charge in [0.1, 0.15) is 0 Å². The maximum absolute atomic E-state index is 13.4. The van der Waals surface area contributed by atoms with Crippen molar-refractivity contribution in [3.8, 4) is 0 Å². The second-order valence-corrected chi connectivity index (χ2v) is 10.4. The van der Waals surface area contributed by atoms with Gasteiger partial charge in [-0.3, -0.25) is 19.0 Å². The highest BCUT2D eigenvalue weighted by Gasteiger charge is 2.18. The lowest BCUT2D eigenvalue weighted by molar-refractivity contribution is -0.118. The van der Waals surface area contributed by atoms with Gasteiger partial charge in [-0.2, -0.15) is 0 Å². The van der Waals surface area contributed by atoms with Crippen molar-refractivity contribution >= 4 is 34.5 Å². The molecular weight excluding hydrogens is 496 g/mol. The fourth-order valence-electron chi connectivity index (χ4n) is 4.66. The molecule has 1 aliphatic carbocycles. The first-order valence-corrected chi connectivity index (χ1v) is 13.9. The van der Waals surface area contributed by atoms with E-state index in [1.54, 1.807) is 28.8 Å². The number of amides is 2. The van der Waals surface area contributed by atoms with Gasteiger partial charge < -0.3 is 10.6 Å². The van der Waals surface area contributed by atoms with Crippen LogP contribution in [0.15, 0.2) is 88.8 Å². The Morgan fingerprint density at radius 1 is 0.895 bits per heavy atom. The summed E-state index contributed by atoms with van der Waals surface area (Å²) in [6.07, 6.45) is 4.39. The van der Waals surface area contributed by atoms with Crippen molar-refractivity contribution in [1.82, 2.24) is 20.2 Å². The topological polar surface area (TPSA) is 93.1 Å². The molecule has 5 rings (SSSR count). The summed E-state index contributed by atoms with van der Waals surface area (Å²) in [5, 5.41) is 7.03. The molecule has 1 heterocycles. The van der Waals surface area contributed by atoms with Gasteiger partial charge in [-0.1, -0.05) is 79.2 Å². The SMILES string of the molecule is O=C(CSc1nc2ccccc2c(=O)n1Cc1ccc(C(=O)NC2CCCC2)cc1)NCc1ccccc1. The van der Waals surface area contributed by atoms with Gasteiger partial charge >= 0.3 is 0 Å². The maximum atomic E-state index is 13.4. The first-order valence-electron chi connectivity index (χ1n) is 12.9. The third kappa shape index (κ3) is 6.31. The van der Waals surface area contributed by atoms with Crippen LogP contribution >= 0.6 is 11.8 Å². The lowest BCUT2D eigenvalue weighted by Gasteiger charge is -2.14. The van der Waals surface area contributed by atoms with E-state index in [-0.39, 0.29) is 35.7 Å². The minimum Gasteiger partial charge on any atom is -0.351 e. The van der Waals surface area contributed by atoms with Crippen LogP contribution in [-0.4, -0.2) is 33.2 Å². The molecule has 0 radical (unpaired) electrons. The predicted octanol–water partition coefficient (Wildman–Crippen LogP) is 4.53. The number of carbonyl (C=O) groups excluding carboxylic acids is 2. The van der Waals surface area contributed by atoms with Gasteiger partial charge in [-0.05, 0) is 48.2 Å². The molecule has 4 aromatic rings. The third-order valence-corrected chi connectivity index (χ3v) is 7.72. The molecule has 0 saturated heterocycles. The average Bonchev–Trinajstić information content (AvgIpc) is 3.46. The van der Waals surface area contributed by atoms with E-state index >= 15 is 0 Å². The van der Waals surface area contributed by atoms with Crippen LogP contribution < -0.4 is 16.2 Å². The summed E-state index contributed by atoms with van der Waals surface area (Å²) >= 11 is 1.24. The minimum atomic E-state index is -0.161. The van der Waals surface area contributed by atoms with Crippen molar-refractivity contribution in [3.05, 3.63) is 106 Å². The number of nitrogens with zero attached hydrogens (tertiary/aromatic N) is 2. The Kier molecular flexibility index (Phi) is 8.19. The lowest BCUT2D eigenvalue weighted by atomic mass is 10.1. The molecule has 7 nitrogen and oxygen atoms in total. The van der Waals surface area contributed by atoms with E-state index in [0.717, 1.165) is 36.8 Å². The number of para-hydroxylation sites is 1. The van der Waals surface area contributed by atoms with E-state index in [4.69, 9.17) is 4.98 Å². The van der Waals surface area contributed by atoms with Gasteiger partial charge in [0, 0.05) is 18.2 Å². The zero-order valence-corrected chi connectivity index (χ0v) is 21.9. The molecule has 0 bridgehead atoms. The van der Waals surface area contributed by atoms with Crippen molar-refractivity contribution in [2.45, 2.75) is 50.0 Å². The molecule has 1 saturated carbocycles. The van der Waals surface area contributed by atoms with Crippen LogP contribution in [-0.2, 0) is 17.9 Å². The first-order chi connectivity index (χ1) is 18.6. The van der Waals surface area contributed by atoms with Crippen LogP contribution in [0.4, 0.5) is 0 Å². The molecule has 3 aromatic carbocycles. The summed E-state index contributed by atoms with van der Waals surface area (Å²) in [4.78, 5) is 43.3. The number of thioether (sulfide) groups is 1. The highest BCUT2D eigenvalue weighted by Crippen LogP contribution is 2.20. The van der Waals surface area contributed by atoms with Gasteiger partial charge in [0.2, 0.25) is 5.91 Å². The standard InChI is InChI=1S/C30H30N4O3S/c35-27(31-18-21-8-2-1-3-9-21)20-38-30-33-26-13-7-6-12-25(26)29(37)34(30)19-22-14-16-23(17-15-22)28(36)32-24-10-4-5-11-24/h1-3,6-9,12-17,24H,4-5,10-11,18-20H2,(H,31,35)(H,32,36). The fraction of sp³-hybridized carbons (Fsp3) is 0.267. The molecule has 0 aliphatic heterocycles. The Morgan fingerprint density at radius 3 is 2.37 bits per heavy atom. The molecule has 8 heteroatoms. The van der Waals surface area contributed by atoms with Gasteiger partial charge in [-0.15, -0.1) is 0 Å². The molecule has 1 aliphatic rings. The summed E-state index contributed by atoms with van der Waals surface area (Å²) in [6, 6.07) is 24.5. The van der Waals surface area contributed by atoms with E-state index < -0.39 is 0 Å². The van der Waals surface area contributed by atoms with E-state index in [0.29, 0.717) is 28.2 Å². The highest BCUT2D eigenvalue weighted by atomic mass is 32.2. The second kappa shape index (κ2) is 12.1. The van der Waals surface area contributed by atoms with E-state index in [1.165, 1.54) is 11.8 Å². The van der Waals surface area contributed by atoms with Gasteiger partial charge in [0.05, 0.1) is 23.2 Å². The molecule has 2 N–H and O–H groups in total. The lowest BCUT2D eigenvalue weighted by Crippen LogP contribution is -2.32. The molecule has 0 atom stereocenters. The van der Waals surface area contributed by atoms with Crippen LogP contribution in [0.1, 0.15) is 47.2 Å². The molecule has 1 aromatic heterocycles. The van der Waals surface area contributed by atoms with Crippen molar-refractivity contribution in [3.63, 3.8) is 0 Å². The van der Waals surface area contributed by atoms with Crippen LogP contribution in [0, 0.1) is 0 Å². The number of rotatable bonds is 9. The molecule has 194 valence electrons. The monoisotopic (exact) mass is 526 g/mol. The van der Waals surface area contributed by atoms with Gasteiger partial charge in [0.15, 0.2) is 5.16 Å². The van der Waals surface area contributed by atoms with Crippen LogP contribution in [0.25, 0.3) is 10.9 Å². The summed E-state index contributed by atoms with van der Waals surface area (Å²) in [6.45, 7) is 0.730. The molecule has 2 amide bonds. The third-order valence-electron chi connectivity index (χ3n) is 6.74. The number of hydrogen-bond acceptors (Lipinski definition) is 5. The van der Waals surface area contributed by atoms with Crippen molar-refractivity contribution < 1.29 is 9.59 Å². The van der Waals surface area contributed by atoms with Gasteiger partial charge in [-0.25, -0.2) is 4.98 Å². The van der Waals surface area contributed by atoms with Crippen LogP contribution in [0.3, 0.4) is 0 Å². The number of fused-ring (bicyclic) bond motifs is 1. The quantitative estimate of drug-likeness (QED) is 0.247. The maximum Gasteiger partial charge on any atom is 0.262 e. The molecule has 0 spiro atoms. The molecular formula is C30H30N4O3S. The average molecular weight is 527 g/mol. The van der Waals surface area contributed by atoms with E-state index in [1.807, 2.05) is 54.6 Å². The Hall–Kier alpha value is -3.91. The van der Waals surface area contributed by atoms with E-state index in [9.17, 15) is 14.4 Å². The number of aromatic nitrogens is 2. The number of carbonyl (C=O) groups is 2. The summed E-state index contributed by atoms with van der Waals surface area (Å²) in [7, 11) is 0. The van der Waals surface area contributed by atoms with Crippen molar-refractivity contribution in [1.29, 1.82) is 0 Å². The Labute approximate surface area is 225 Å². The normalized spacial score (nSPS) is 13.5. The highest BCUT2D eigenvalue weighted by molar-refractivity contribution is 7.99. The largest absolute Gasteiger partial charge is 0.351 e. The zero-order chi connectivity index (χ0) is 26.3.